The summed E-state index contributed by atoms with van der Waals surface area (Å²) in [4.78, 5) is 22.1. The lowest BCUT2D eigenvalue weighted by atomic mass is 10.1. The van der Waals surface area contributed by atoms with Crippen LogP contribution in [-0.2, 0) is 0 Å². The zero-order valence-corrected chi connectivity index (χ0v) is 10.9. The van der Waals surface area contributed by atoms with Gasteiger partial charge in [-0.2, -0.15) is 0 Å². The first-order valence-corrected chi connectivity index (χ1v) is 5.90. The van der Waals surface area contributed by atoms with Crippen LogP contribution in [0.15, 0.2) is 36.4 Å². The van der Waals surface area contributed by atoms with Gasteiger partial charge in [0.2, 0.25) is 0 Å². The largest absolute Gasteiger partial charge is 0.319 e. The van der Waals surface area contributed by atoms with Crippen LogP contribution >= 0.6 is 0 Å². The quantitative estimate of drug-likeness (QED) is 0.695. The molecule has 0 saturated heterocycles. The molecule has 0 bridgehead atoms. The van der Waals surface area contributed by atoms with Gasteiger partial charge in [0, 0.05) is 17.2 Å². The smallest absolute Gasteiger partial charge is 0.272 e. The van der Waals surface area contributed by atoms with Crippen molar-refractivity contribution in [1.29, 1.82) is 0 Å². The van der Waals surface area contributed by atoms with Crippen LogP contribution in [0.3, 0.4) is 0 Å². The Morgan fingerprint density at radius 3 is 2.57 bits per heavy atom. The van der Waals surface area contributed by atoms with Crippen molar-refractivity contribution in [3.63, 3.8) is 0 Å². The molecule has 0 heterocycles. The number of nitro benzene ring substituents is 1. The molecule has 0 aromatic heterocycles. The number of halogens is 2. The van der Waals surface area contributed by atoms with Gasteiger partial charge in [-0.3, -0.25) is 14.9 Å². The molecule has 0 radical (unpaired) electrons. The maximum atomic E-state index is 13.4. The van der Waals surface area contributed by atoms with Crippen molar-refractivity contribution in [1.82, 2.24) is 0 Å². The summed E-state index contributed by atoms with van der Waals surface area (Å²) in [5, 5.41) is 12.9. The molecule has 5 nitrogen and oxygen atoms in total. The molecule has 1 N–H and O–H groups in total. The first-order chi connectivity index (χ1) is 9.90. The molecular weight excluding hydrogens is 282 g/mol. The van der Waals surface area contributed by atoms with Crippen LogP contribution in [0.2, 0.25) is 0 Å². The van der Waals surface area contributed by atoms with E-state index in [4.69, 9.17) is 0 Å². The van der Waals surface area contributed by atoms with Gasteiger partial charge in [-0.1, -0.05) is 6.07 Å². The Hall–Kier alpha value is -2.83. The number of hydrogen-bond donors (Lipinski definition) is 1. The molecule has 0 saturated carbocycles. The summed E-state index contributed by atoms with van der Waals surface area (Å²) in [6.45, 7) is 1.48. The molecule has 7 heteroatoms. The molecule has 0 fully saturated rings. The Labute approximate surface area is 118 Å². The number of nitrogens with one attached hydrogen (secondary N) is 1. The maximum absolute atomic E-state index is 13.4. The van der Waals surface area contributed by atoms with Gasteiger partial charge >= 0.3 is 0 Å². The van der Waals surface area contributed by atoms with Gasteiger partial charge in [-0.15, -0.1) is 0 Å². The van der Waals surface area contributed by atoms with Gasteiger partial charge in [0.25, 0.3) is 11.6 Å². The third-order valence-electron chi connectivity index (χ3n) is 2.86. The second kappa shape index (κ2) is 5.66. The number of carbonyl (C=O) groups excluding carboxylic acids is 1. The number of nitro groups is 1. The lowest BCUT2D eigenvalue weighted by molar-refractivity contribution is -0.385. The molecule has 0 atom stereocenters. The van der Waals surface area contributed by atoms with Crippen molar-refractivity contribution < 1.29 is 18.5 Å². The molecule has 2 aromatic carbocycles. The Bertz CT molecular complexity index is 732. The fourth-order valence-corrected chi connectivity index (χ4v) is 1.80. The predicted octanol–water partition coefficient (Wildman–Crippen LogP) is 3.43. The molecule has 0 aliphatic rings. The second-order valence-electron chi connectivity index (χ2n) is 4.31. The topological polar surface area (TPSA) is 72.2 Å². The average Bonchev–Trinajstić information content (AvgIpc) is 2.43. The highest BCUT2D eigenvalue weighted by Gasteiger charge is 2.15. The minimum absolute atomic E-state index is 0.113. The summed E-state index contributed by atoms with van der Waals surface area (Å²) >= 11 is 0. The van der Waals surface area contributed by atoms with Crippen molar-refractivity contribution in [2.75, 3.05) is 5.32 Å². The first kappa shape index (κ1) is 14.6. The fraction of sp³-hybridized carbons (Fsp3) is 0.0714. The first-order valence-electron chi connectivity index (χ1n) is 5.90. The molecule has 1 amide bonds. The minimum Gasteiger partial charge on any atom is -0.319 e. The number of anilines is 1. The highest BCUT2D eigenvalue weighted by Crippen LogP contribution is 2.21. The highest BCUT2D eigenvalue weighted by molar-refractivity contribution is 6.04. The fourth-order valence-electron chi connectivity index (χ4n) is 1.80. The maximum Gasteiger partial charge on any atom is 0.272 e. The molecule has 0 aliphatic carbocycles. The van der Waals surface area contributed by atoms with E-state index in [9.17, 15) is 23.7 Å². The Kier molecular flexibility index (Phi) is 3.93. The van der Waals surface area contributed by atoms with Crippen LogP contribution in [0.4, 0.5) is 20.2 Å². The predicted molar refractivity (Wildman–Crippen MR) is 72.1 cm³/mol. The van der Waals surface area contributed by atoms with Crippen LogP contribution in [0.25, 0.3) is 0 Å². The summed E-state index contributed by atoms with van der Waals surface area (Å²) < 4.78 is 26.5. The second-order valence-corrected chi connectivity index (χ2v) is 4.31. The summed E-state index contributed by atoms with van der Waals surface area (Å²) in [6.07, 6.45) is 0. The highest BCUT2D eigenvalue weighted by atomic mass is 19.2. The van der Waals surface area contributed by atoms with Gasteiger partial charge in [-0.05, 0) is 31.2 Å². The van der Waals surface area contributed by atoms with Crippen molar-refractivity contribution in [2.24, 2.45) is 0 Å². The number of nitrogens with zero attached hydrogens (tertiary/aromatic N) is 1. The van der Waals surface area contributed by atoms with Crippen LogP contribution in [0, 0.1) is 28.7 Å². The molecule has 2 rings (SSSR count). The SMILES string of the molecule is Cc1cc(C(=O)Nc2cccc(F)c2F)ccc1[N+](=O)[O-]. The van der Waals surface area contributed by atoms with Crippen LogP contribution in [0.1, 0.15) is 15.9 Å². The molecule has 108 valence electrons. The van der Waals surface area contributed by atoms with E-state index in [1.54, 1.807) is 0 Å². The molecule has 0 aliphatic heterocycles. The van der Waals surface area contributed by atoms with Crippen molar-refractivity contribution in [3.05, 3.63) is 69.3 Å². The zero-order chi connectivity index (χ0) is 15.6. The molecular formula is C14H10F2N2O3. The van der Waals surface area contributed by atoms with E-state index in [0.717, 1.165) is 6.07 Å². The van der Waals surface area contributed by atoms with Crippen molar-refractivity contribution in [2.45, 2.75) is 6.92 Å². The van der Waals surface area contributed by atoms with E-state index in [0.29, 0.717) is 5.56 Å². The number of amides is 1. The number of carbonyl (C=O) groups is 1. The van der Waals surface area contributed by atoms with E-state index >= 15 is 0 Å². The Balaban J connectivity index is 2.27. The lowest BCUT2D eigenvalue weighted by Gasteiger charge is -2.07. The number of aryl methyl sites for hydroxylation is 1. The van der Waals surface area contributed by atoms with E-state index in [2.05, 4.69) is 5.32 Å². The van der Waals surface area contributed by atoms with Gasteiger partial charge in [0.05, 0.1) is 10.6 Å². The zero-order valence-electron chi connectivity index (χ0n) is 10.9. The van der Waals surface area contributed by atoms with Gasteiger partial charge in [-0.25, -0.2) is 8.78 Å². The minimum atomic E-state index is -1.16. The van der Waals surface area contributed by atoms with Gasteiger partial charge < -0.3 is 5.32 Å². The third kappa shape index (κ3) is 3.02. The third-order valence-corrected chi connectivity index (χ3v) is 2.86. The normalized spacial score (nSPS) is 10.2. The molecule has 0 spiro atoms. The summed E-state index contributed by atoms with van der Waals surface area (Å²) in [6, 6.07) is 7.15. The van der Waals surface area contributed by atoms with Gasteiger partial charge in [0.1, 0.15) is 0 Å². The average molecular weight is 292 g/mol. The summed E-state index contributed by atoms with van der Waals surface area (Å²) in [5.74, 6) is -2.92. The van der Waals surface area contributed by atoms with Crippen LogP contribution in [0.5, 0.6) is 0 Å². The van der Waals surface area contributed by atoms with Crippen molar-refractivity contribution in [3.8, 4) is 0 Å². The Morgan fingerprint density at radius 2 is 1.95 bits per heavy atom. The number of hydrogen-bond acceptors (Lipinski definition) is 3. The molecule has 0 unspecified atom stereocenters. The van der Waals surface area contributed by atoms with Crippen LogP contribution in [-0.4, -0.2) is 10.8 Å². The molecule has 2 aromatic rings. The van der Waals surface area contributed by atoms with Crippen molar-refractivity contribution >= 4 is 17.3 Å². The number of rotatable bonds is 3. The standard InChI is InChI=1S/C14H10F2N2O3/c1-8-7-9(5-6-12(8)18(20)21)14(19)17-11-4-2-3-10(15)13(11)16/h2-7H,1H3,(H,17,19). The summed E-state index contributed by atoms with van der Waals surface area (Å²) in [5.41, 5.74) is -0.00591. The van der Waals surface area contributed by atoms with Crippen LogP contribution < -0.4 is 5.32 Å². The van der Waals surface area contributed by atoms with E-state index < -0.39 is 22.5 Å². The van der Waals surface area contributed by atoms with Gasteiger partial charge in [0.15, 0.2) is 11.6 Å². The Morgan fingerprint density at radius 1 is 1.24 bits per heavy atom. The summed E-state index contributed by atoms with van der Waals surface area (Å²) in [7, 11) is 0. The van der Waals surface area contributed by atoms with E-state index in [1.807, 2.05) is 0 Å². The molecule has 21 heavy (non-hydrogen) atoms. The number of benzene rings is 2. The monoisotopic (exact) mass is 292 g/mol. The van der Waals surface area contributed by atoms with E-state index in [1.165, 1.54) is 37.3 Å². The van der Waals surface area contributed by atoms with E-state index in [-0.39, 0.29) is 16.9 Å². The lowest BCUT2D eigenvalue weighted by Crippen LogP contribution is -2.13.